The van der Waals surface area contributed by atoms with Gasteiger partial charge in [0.25, 0.3) is 5.91 Å². The molecular weight excluding hydrogens is 714 g/mol. The second-order valence-electron chi connectivity index (χ2n) is 13.2. The Labute approximate surface area is 299 Å². The van der Waals surface area contributed by atoms with Crippen LogP contribution in [0, 0.1) is 18.8 Å². The van der Waals surface area contributed by atoms with Crippen molar-refractivity contribution in [3.8, 4) is 0 Å². The Morgan fingerprint density at radius 1 is 1.04 bits per heavy atom. The minimum absolute atomic E-state index is 0.0922. The first kappa shape index (κ1) is 35.3. The van der Waals surface area contributed by atoms with Crippen LogP contribution in [0.25, 0.3) is 0 Å². The molecule has 4 heterocycles. The van der Waals surface area contributed by atoms with Gasteiger partial charge in [0.05, 0.1) is 35.3 Å². The lowest BCUT2D eigenvalue weighted by Crippen LogP contribution is -2.58. The van der Waals surface area contributed by atoms with Gasteiger partial charge in [-0.2, -0.15) is 0 Å². The third-order valence-electron chi connectivity index (χ3n) is 10.5. The molecule has 1 spiro atoms. The zero-order valence-corrected chi connectivity index (χ0v) is 30.3. The Kier molecular flexibility index (Phi) is 10.1. The quantitative estimate of drug-likeness (QED) is 0.334. The van der Waals surface area contributed by atoms with Gasteiger partial charge in [0.1, 0.15) is 29.8 Å². The normalized spacial score (nSPS) is 31.9. The van der Waals surface area contributed by atoms with Gasteiger partial charge in [-0.15, -0.1) is 0 Å². The third-order valence-corrected chi connectivity index (χ3v) is 11.4. The molecule has 5 bridgehead atoms. The number of likely N-dealkylation sites (tertiary alicyclic amines) is 1. The molecular formula is C37H41BrClN3O7. The number of likely N-dealkylation sites (N-methyl/N-ethyl adjacent to an activating group) is 1. The molecule has 2 saturated heterocycles. The van der Waals surface area contributed by atoms with Crippen molar-refractivity contribution in [1.82, 2.24) is 9.80 Å². The molecule has 12 heteroatoms. The molecule has 3 amide bonds. The van der Waals surface area contributed by atoms with E-state index in [0.29, 0.717) is 33.6 Å². The summed E-state index contributed by atoms with van der Waals surface area (Å²) in [6, 6.07) is 12.0. The number of nitrogens with zero attached hydrogens (tertiary/aromatic N) is 3. The molecule has 4 aliphatic heterocycles. The number of esters is 1. The van der Waals surface area contributed by atoms with Crippen molar-refractivity contribution in [2.75, 3.05) is 25.1 Å². The van der Waals surface area contributed by atoms with Gasteiger partial charge in [-0.1, -0.05) is 89.1 Å². The van der Waals surface area contributed by atoms with Crippen molar-refractivity contribution in [2.24, 2.45) is 11.8 Å². The molecule has 0 aliphatic carbocycles. The van der Waals surface area contributed by atoms with Crippen molar-refractivity contribution in [3.63, 3.8) is 0 Å². The zero-order chi connectivity index (χ0) is 35.2. The molecule has 0 unspecified atom stereocenters. The smallest absolute Gasteiger partial charge is 0.313 e. The number of hydrogen-bond acceptors (Lipinski definition) is 7. The highest BCUT2D eigenvalue weighted by Gasteiger charge is 2.75. The largest absolute Gasteiger partial charge is 0.455 e. The second kappa shape index (κ2) is 14.0. The lowest BCUT2D eigenvalue weighted by molar-refractivity contribution is -0.164. The number of hydrogen-bond donors (Lipinski definition) is 1. The first-order chi connectivity index (χ1) is 23.5. The molecule has 260 valence electrons. The fourth-order valence-corrected chi connectivity index (χ4v) is 8.88. The molecule has 0 aromatic heterocycles. The summed E-state index contributed by atoms with van der Waals surface area (Å²) >= 11 is 10.4. The average Bonchev–Trinajstić information content (AvgIpc) is 3.69. The van der Waals surface area contributed by atoms with Crippen molar-refractivity contribution < 1.29 is 33.8 Å². The number of carbonyl (C=O) groups is 4. The van der Waals surface area contributed by atoms with E-state index in [1.807, 2.05) is 69.3 Å². The number of benzene rings is 2. The number of cyclic esters (lactones) is 1. The van der Waals surface area contributed by atoms with Crippen LogP contribution < -0.4 is 4.90 Å². The van der Waals surface area contributed by atoms with Crippen molar-refractivity contribution >= 4 is 56.9 Å². The van der Waals surface area contributed by atoms with Crippen LogP contribution in [0.4, 0.5) is 5.69 Å². The predicted octanol–water partition coefficient (Wildman–Crippen LogP) is 5.11. The number of ether oxygens (including phenoxy) is 2. The predicted molar refractivity (Wildman–Crippen MR) is 188 cm³/mol. The molecule has 4 aliphatic rings. The van der Waals surface area contributed by atoms with Gasteiger partial charge in [0, 0.05) is 24.5 Å². The van der Waals surface area contributed by atoms with E-state index in [9.17, 15) is 19.5 Å². The molecule has 6 rings (SSSR count). The maximum atomic E-state index is 15.1. The van der Waals surface area contributed by atoms with Gasteiger partial charge >= 0.3 is 5.97 Å². The van der Waals surface area contributed by atoms with Gasteiger partial charge in [-0.25, -0.2) is 0 Å². The van der Waals surface area contributed by atoms with Gasteiger partial charge in [0.2, 0.25) is 11.8 Å². The molecule has 10 nitrogen and oxygen atoms in total. The van der Waals surface area contributed by atoms with E-state index in [-0.39, 0.29) is 18.9 Å². The molecule has 1 N–H and O–H groups in total. The van der Waals surface area contributed by atoms with E-state index in [1.54, 1.807) is 30.2 Å². The number of aliphatic hydroxyl groups is 1. The van der Waals surface area contributed by atoms with Crippen molar-refractivity contribution in [2.45, 2.75) is 76.0 Å². The monoisotopic (exact) mass is 753 g/mol. The Morgan fingerprint density at radius 3 is 2.45 bits per heavy atom. The van der Waals surface area contributed by atoms with Gasteiger partial charge in [0.15, 0.2) is 0 Å². The number of rotatable bonds is 5. The standard InChI is InChI=1S/C37H41BrClN3O7/c1-5-24(20-43)42-33-35(46)41(30-21(2)13-12-16-26(30)39)18-11-7-10-17-27(44)40(4)22(3)31(23-14-8-6-9-15-23)48-36(47)28-29(34(42)45)37(33)19-25(38)32(28)49-37/h6-9,11-16,19,22,24,28-29,31-33,43H,5,10,17-18,20H2,1-4H3/b11-7-/t22-,24-,28+,29-,31+,32+,33+,37-/m0/s1. The summed E-state index contributed by atoms with van der Waals surface area (Å²) in [5.41, 5.74) is 0.379. The molecule has 8 atom stereocenters. The fraction of sp³-hybridized carbons (Fsp3) is 0.459. The van der Waals surface area contributed by atoms with Crippen LogP contribution in [0.2, 0.25) is 5.02 Å². The van der Waals surface area contributed by atoms with Crippen molar-refractivity contribution in [1.29, 1.82) is 0 Å². The first-order valence-electron chi connectivity index (χ1n) is 16.7. The Balaban J connectivity index is 1.53. The van der Waals surface area contributed by atoms with E-state index >= 15 is 4.79 Å². The number of amides is 3. The first-order valence-corrected chi connectivity index (χ1v) is 17.9. The maximum Gasteiger partial charge on any atom is 0.313 e. The average molecular weight is 755 g/mol. The van der Waals surface area contributed by atoms with Crippen LogP contribution in [0.5, 0.6) is 0 Å². The Bertz CT molecular complexity index is 1680. The summed E-state index contributed by atoms with van der Waals surface area (Å²) < 4.78 is 13.5. The lowest BCUT2D eigenvalue weighted by Gasteiger charge is -2.39. The zero-order valence-electron chi connectivity index (χ0n) is 27.9. The lowest BCUT2D eigenvalue weighted by atomic mass is 9.74. The molecule has 0 radical (unpaired) electrons. The van der Waals surface area contributed by atoms with Crippen LogP contribution in [-0.2, 0) is 28.7 Å². The molecule has 2 aromatic rings. The van der Waals surface area contributed by atoms with E-state index in [1.165, 1.54) is 9.80 Å². The van der Waals surface area contributed by atoms with Crippen LogP contribution in [0.3, 0.4) is 0 Å². The number of fused-ring (bicyclic) bond motifs is 2. The van der Waals surface area contributed by atoms with E-state index in [4.69, 9.17) is 21.1 Å². The number of allylic oxidation sites excluding steroid dienone is 1. The number of aliphatic hydroxyl groups excluding tert-OH is 1. The minimum Gasteiger partial charge on any atom is -0.455 e. The molecule has 2 fully saturated rings. The number of halogens is 2. The number of aryl methyl sites for hydroxylation is 1. The highest BCUT2D eigenvalue weighted by molar-refractivity contribution is 9.11. The SMILES string of the molecule is CC[C@@H](CO)N1C(=O)[C@@H]2[C@H]3C(=O)O[C@@H](c4ccccc4)[C@H](C)N(C)C(=O)CC/C=C\CN(c4c(C)cccc4Cl)C(=O)[C@@H]1[C@]21C=C(Br)[C@H]3O1. The van der Waals surface area contributed by atoms with E-state index in [0.717, 1.165) is 5.56 Å². The fourth-order valence-electron chi connectivity index (χ4n) is 7.82. The van der Waals surface area contributed by atoms with Crippen LogP contribution >= 0.6 is 27.5 Å². The van der Waals surface area contributed by atoms with E-state index < -0.39 is 72.2 Å². The van der Waals surface area contributed by atoms with Gasteiger partial charge in [-0.3, -0.25) is 19.2 Å². The summed E-state index contributed by atoms with van der Waals surface area (Å²) in [5, 5.41) is 10.9. The molecule has 49 heavy (non-hydrogen) atoms. The second-order valence-corrected chi connectivity index (χ2v) is 14.5. The summed E-state index contributed by atoms with van der Waals surface area (Å²) in [6.07, 6.45) is 4.63. The maximum absolute atomic E-state index is 15.1. The van der Waals surface area contributed by atoms with Gasteiger partial charge < -0.3 is 29.3 Å². The van der Waals surface area contributed by atoms with Crippen LogP contribution in [-0.4, -0.2) is 88.6 Å². The summed E-state index contributed by atoms with van der Waals surface area (Å²) in [6.45, 7) is 5.21. The molecule has 0 saturated carbocycles. The summed E-state index contributed by atoms with van der Waals surface area (Å²) in [7, 11) is 1.69. The summed E-state index contributed by atoms with van der Waals surface area (Å²) in [5.74, 6) is -3.96. The van der Waals surface area contributed by atoms with Crippen molar-refractivity contribution in [3.05, 3.63) is 87.4 Å². The highest BCUT2D eigenvalue weighted by Crippen LogP contribution is 2.59. The molecule has 2 aromatic carbocycles. The number of anilines is 1. The number of carbonyl (C=O) groups excluding carboxylic acids is 4. The van der Waals surface area contributed by atoms with Crippen LogP contribution in [0.1, 0.15) is 50.3 Å². The Hall–Kier alpha value is -3.51. The number of para-hydroxylation sites is 1. The Morgan fingerprint density at radius 2 is 1.78 bits per heavy atom. The summed E-state index contributed by atoms with van der Waals surface area (Å²) in [4.78, 5) is 62.2. The topological polar surface area (TPSA) is 117 Å². The third kappa shape index (κ3) is 5.92. The van der Waals surface area contributed by atoms with Gasteiger partial charge in [-0.05, 0) is 50.0 Å². The highest BCUT2D eigenvalue weighted by atomic mass is 79.9. The van der Waals surface area contributed by atoms with Crippen LogP contribution in [0.15, 0.2) is 71.2 Å². The minimum atomic E-state index is -1.53. The van der Waals surface area contributed by atoms with E-state index in [2.05, 4.69) is 15.9 Å².